The number of anilines is 1. The topological polar surface area (TPSA) is 55.2 Å². The van der Waals surface area contributed by atoms with Crippen LogP contribution in [0.3, 0.4) is 0 Å². The van der Waals surface area contributed by atoms with Crippen molar-refractivity contribution >= 4 is 34.3 Å². The van der Waals surface area contributed by atoms with Gasteiger partial charge in [0.2, 0.25) is 0 Å². The molecule has 0 atom stereocenters. The van der Waals surface area contributed by atoms with E-state index in [0.717, 1.165) is 10.6 Å². The molecule has 1 aromatic heterocycles. The SMILES string of the molecule is Cc1ccc(NCc2cc(Cl)cs2)cc1[N+](=O)[O-]. The van der Waals surface area contributed by atoms with E-state index >= 15 is 0 Å². The first-order chi connectivity index (χ1) is 8.56. The molecule has 1 aromatic carbocycles. The van der Waals surface area contributed by atoms with E-state index in [0.29, 0.717) is 17.1 Å². The number of thiophene rings is 1. The summed E-state index contributed by atoms with van der Waals surface area (Å²) in [6, 6.07) is 6.99. The molecule has 4 nitrogen and oxygen atoms in total. The molecule has 0 radical (unpaired) electrons. The number of halogens is 1. The normalized spacial score (nSPS) is 10.3. The molecule has 6 heteroatoms. The van der Waals surface area contributed by atoms with Crippen LogP contribution in [0.25, 0.3) is 0 Å². The first-order valence-corrected chi connectivity index (χ1v) is 6.54. The number of nitrogens with one attached hydrogen (secondary N) is 1. The van der Waals surface area contributed by atoms with E-state index in [1.807, 2.05) is 17.5 Å². The molecule has 0 unspecified atom stereocenters. The molecule has 0 aliphatic carbocycles. The largest absolute Gasteiger partial charge is 0.380 e. The van der Waals surface area contributed by atoms with E-state index in [4.69, 9.17) is 11.6 Å². The highest BCUT2D eigenvalue weighted by Crippen LogP contribution is 2.24. The summed E-state index contributed by atoms with van der Waals surface area (Å²) in [7, 11) is 0. The summed E-state index contributed by atoms with van der Waals surface area (Å²) < 4.78 is 0. The first-order valence-electron chi connectivity index (χ1n) is 5.28. The number of nitrogens with zero attached hydrogens (tertiary/aromatic N) is 1. The van der Waals surface area contributed by atoms with Crippen LogP contribution in [0.2, 0.25) is 5.02 Å². The predicted octanol–water partition coefficient (Wildman–Crippen LogP) is 4.23. The fraction of sp³-hybridized carbons (Fsp3) is 0.167. The standard InChI is InChI=1S/C12H11ClN2O2S/c1-8-2-3-10(5-12(8)15(16)17)14-6-11-4-9(13)7-18-11/h2-5,7,14H,6H2,1H3. The second-order valence-corrected chi connectivity index (χ2v) is 5.28. The number of benzene rings is 1. The van der Waals surface area contributed by atoms with E-state index < -0.39 is 0 Å². The molecule has 2 rings (SSSR count). The van der Waals surface area contributed by atoms with E-state index in [1.54, 1.807) is 30.4 Å². The molecule has 0 amide bonds. The fourth-order valence-electron chi connectivity index (χ4n) is 1.55. The third-order valence-electron chi connectivity index (χ3n) is 2.49. The van der Waals surface area contributed by atoms with Crippen LogP contribution in [0.1, 0.15) is 10.4 Å². The average molecular weight is 283 g/mol. The lowest BCUT2D eigenvalue weighted by molar-refractivity contribution is -0.385. The fourth-order valence-corrected chi connectivity index (χ4v) is 2.56. The van der Waals surface area contributed by atoms with Crippen molar-refractivity contribution in [1.29, 1.82) is 0 Å². The summed E-state index contributed by atoms with van der Waals surface area (Å²) in [5, 5.41) is 16.5. The van der Waals surface area contributed by atoms with E-state index in [2.05, 4.69) is 5.32 Å². The molecule has 0 saturated heterocycles. The Labute approximate surface area is 113 Å². The monoisotopic (exact) mass is 282 g/mol. The van der Waals surface area contributed by atoms with Crippen molar-refractivity contribution in [2.75, 3.05) is 5.32 Å². The predicted molar refractivity (Wildman–Crippen MR) is 74.5 cm³/mol. The van der Waals surface area contributed by atoms with Gasteiger partial charge < -0.3 is 5.32 Å². The lowest BCUT2D eigenvalue weighted by atomic mass is 10.2. The van der Waals surface area contributed by atoms with Gasteiger partial charge in [0.15, 0.2) is 0 Å². The Morgan fingerprint density at radius 2 is 2.22 bits per heavy atom. The Morgan fingerprint density at radius 3 is 2.83 bits per heavy atom. The van der Waals surface area contributed by atoms with E-state index in [9.17, 15) is 10.1 Å². The number of nitro groups is 1. The molecule has 94 valence electrons. The van der Waals surface area contributed by atoms with Crippen molar-refractivity contribution in [3.63, 3.8) is 0 Å². The van der Waals surface area contributed by atoms with Crippen LogP contribution in [0.5, 0.6) is 0 Å². The van der Waals surface area contributed by atoms with Crippen LogP contribution in [0.4, 0.5) is 11.4 Å². The Hall–Kier alpha value is -1.59. The summed E-state index contributed by atoms with van der Waals surface area (Å²) in [6.07, 6.45) is 0. The molecule has 18 heavy (non-hydrogen) atoms. The number of nitro benzene ring substituents is 1. The van der Waals surface area contributed by atoms with Gasteiger partial charge in [-0.15, -0.1) is 11.3 Å². The van der Waals surface area contributed by atoms with Gasteiger partial charge >= 0.3 is 0 Å². The van der Waals surface area contributed by atoms with Gasteiger partial charge in [-0.3, -0.25) is 10.1 Å². The Balaban J connectivity index is 2.10. The zero-order valence-electron chi connectivity index (χ0n) is 9.64. The first kappa shape index (κ1) is 12.9. The molecule has 0 saturated carbocycles. The lowest BCUT2D eigenvalue weighted by Crippen LogP contribution is -1.99. The van der Waals surface area contributed by atoms with E-state index in [1.165, 1.54) is 0 Å². The maximum atomic E-state index is 10.8. The maximum Gasteiger partial charge on any atom is 0.274 e. The summed E-state index contributed by atoms with van der Waals surface area (Å²) in [4.78, 5) is 11.5. The zero-order valence-corrected chi connectivity index (χ0v) is 11.2. The van der Waals surface area contributed by atoms with Gasteiger partial charge in [-0.25, -0.2) is 0 Å². The molecule has 1 heterocycles. The van der Waals surface area contributed by atoms with Gasteiger partial charge in [0, 0.05) is 34.1 Å². The summed E-state index contributed by atoms with van der Waals surface area (Å²) in [5.41, 5.74) is 1.52. The summed E-state index contributed by atoms with van der Waals surface area (Å²) in [6.45, 7) is 2.33. The van der Waals surface area contributed by atoms with Crippen molar-refractivity contribution in [1.82, 2.24) is 0 Å². The zero-order chi connectivity index (χ0) is 13.1. The lowest BCUT2D eigenvalue weighted by Gasteiger charge is -2.05. The minimum absolute atomic E-state index is 0.129. The van der Waals surface area contributed by atoms with Gasteiger partial charge in [0.25, 0.3) is 5.69 Å². The van der Waals surface area contributed by atoms with Gasteiger partial charge in [0.1, 0.15) is 0 Å². The number of rotatable bonds is 4. The molecule has 0 fully saturated rings. The molecular formula is C12H11ClN2O2S. The Morgan fingerprint density at radius 1 is 1.44 bits per heavy atom. The highest BCUT2D eigenvalue weighted by Gasteiger charge is 2.10. The van der Waals surface area contributed by atoms with Gasteiger partial charge in [-0.05, 0) is 19.1 Å². The van der Waals surface area contributed by atoms with Crippen LogP contribution >= 0.6 is 22.9 Å². The molecule has 0 aliphatic rings. The average Bonchev–Trinajstić information content (AvgIpc) is 2.74. The third kappa shape index (κ3) is 3.00. The molecule has 1 N–H and O–H groups in total. The number of hydrogen-bond acceptors (Lipinski definition) is 4. The molecular weight excluding hydrogens is 272 g/mol. The highest BCUT2D eigenvalue weighted by molar-refractivity contribution is 7.10. The van der Waals surface area contributed by atoms with Crippen LogP contribution in [-0.2, 0) is 6.54 Å². The molecule has 0 bridgehead atoms. The highest BCUT2D eigenvalue weighted by atomic mass is 35.5. The van der Waals surface area contributed by atoms with Crippen LogP contribution in [-0.4, -0.2) is 4.92 Å². The number of aryl methyl sites for hydroxylation is 1. The van der Waals surface area contributed by atoms with Crippen molar-refractivity contribution < 1.29 is 4.92 Å². The minimum Gasteiger partial charge on any atom is -0.380 e. The quantitative estimate of drug-likeness (QED) is 0.674. The molecule has 0 aliphatic heterocycles. The minimum atomic E-state index is -0.372. The van der Waals surface area contributed by atoms with Crippen LogP contribution in [0, 0.1) is 17.0 Å². The Kier molecular flexibility index (Phi) is 3.84. The van der Waals surface area contributed by atoms with Crippen LogP contribution < -0.4 is 5.32 Å². The van der Waals surface area contributed by atoms with Crippen LogP contribution in [0.15, 0.2) is 29.6 Å². The second-order valence-electron chi connectivity index (χ2n) is 3.84. The van der Waals surface area contributed by atoms with Crippen molar-refractivity contribution in [3.8, 4) is 0 Å². The van der Waals surface area contributed by atoms with Gasteiger partial charge in [-0.1, -0.05) is 17.7 Å². The van der Waals surface area contributed by atoms with Crippen molar-refractivity contribution in [2.24, 2.45) is 0 Å². The maximum absolute atomic E-state index is 10.8. The summed E-state index contributed by atoms with van der Waals surface area (Å²) in [5.74, 6) is 0. The van der Waals surface area contributed by atoms with Gasteiger partial charge in [-0.2, -0.15) is 0 Å². The van der Waals surface area contributed by atoms with Gasteiger partial charge in [0.05, 0.1) is 9.95 Å². The molecule has 0 spiro atoms. The van der Waals surface area contributed by atoms with Crippen molar-refractivity contribution in [2.45, 2.75) is 13.5 Å². The summed E-state index contributed by atoms with van der Waals surface area (Å²) >= 11 is 7.38. The van der Waals surface area contributed by atoms with Crippen molar-refractivity contribution in [3.05, 3.63) is 55.2 Å². The Bertz CT molecular complexity index is 583. The second kappa shape index (κ2) is 5.37. The third-order valence-corrected chi connectivity index (χ3v) is 3.78. The smallest absolute Gasteiger partial charge is 0.274 e. The number of hydrogen-bond donors (Lipinski definition) is 1. The van der Waals surface area contributed by atoms with E-state index in [-0.39, 0.29) is 10.6 Å². The molecule has 2 aromatic rings.